The first kappa shape index (κ1) is 17.3. The molecule has 0 fully saturated rings. The maximum Gasteiger partial charge on any atom is 0.232 e. The molecule has 0 unspecified atom stereocenters. The van der Waals surface area contributed by atoms with Crippen molar-refractivity contribution < 1.29 is 17.9 Å². The van der Waals surface area contributed by atoms with E-state index in [1.54, 1.807) is 18.2 Å². The van der Waals surface area contributed by atoms with Crippen LogP contribution in [0.2, 0.25) is 0 Å². The van der Waals surface area contributed by atoms with E-state index in [-0.39, 0.29) is 12.3 Å². The number of rotatable bonds is 7. The molecule has 1 rings (SSSR count). The summed E-state index contributed by atoms with van der Waals surface area (Å²) in [5.41, 5.74) is 6.34. The molecule has 1 aromatic carbocycles. The monoisotopic (exact) mass is 312 g/mol. The van der Waals surface area contributed by atoms with E-state index < -0.39 is 10.0 Å². The Kier molecular flexibility index (Phi) is 7.02. The van der Waals surface area contributed by atoms with E-state index in [1.165, 1.54) is 14.2 Å². The van der Waals surface area contributed by atoms with Gasteiger partial charge in [0.05, 0.1) is 25.1 Å². The Hall–Kier alpha value is -1.75. The molecule has 0 bridgehead atoms. The largest absolute Gasteiger partial charge is 0.495 e. The molecule has 3 N–H and O–H groups in total. The fraction of sp³-hybridized carbons (Fsp3) is 0.429. The SMILES string of the molecule is COCCCS(=O)(=O)Nc1cc(C#CCN)ccc1OC. The molecule has 0 atom stereocenters. The van der Waals surface area contributed by atoms with Gasteiger partial charge < -0.3 is 15.2 Å². The van der Waals surface area contributed by atoms with Gasteiger partial charge >= 0.3 is 0 Å². The van der Waals surface area contributed by atoms with Gasteiger partial charge in [-0.25, -0.2) is 8.42 Å². The van der Waals surface area contributed by atoms with E-state index in [1.807, 2.05) is 0 Å². The highest BCUT2D eigenvalue weighted by Gasteiger charge is 2.13. The van der Waals surface area contributed by atoms with Gasteiger partial charge in [0.1, 0.15) is 5.75 Å². The van der Waals surface area contributed by atoms with Crippen LogP contribution < -0.4 is 15.2 Å². The third kappa shape index (κ3) is 6.04. The Morgan fingerprint density at radius 3 is 2.71 bits per heavy atom. The molecule has 116 valence electrons. The third-order valence-electron chi connectivity index (χ3n) is 2.56. The Morgan fingerprint density at radius 2 is 2.10 bits per heavy atom. The maximum atomic E-state index is 12.0. The number of hydrogen-bond donors (Lipinski definition) is 2. The van der Waals surface area contributed by atoms with Gasteiger partial charge in [0.15, 0.2) is 0 Å². The fourth-order valence-corrected chi connectivity index (χ4v) is 2.72. The second-order valence-electron chi connectivity index (χ2n) is 4.19. The molecule has 0 aromatic heterocycles. The van der Waals surface area contributed by atoms with Crippen LogP contribution in [0.4, 0.5) is 5.69 Å². The molecule has 0 saturated carbocycles. The Morgan fingerprint density at radius 1 is 1.33 bits per heavy atom. The summed E-state index contributed by atoms with van der Waals surface area (Å²) in [5.74, 6) is 5.97. The predicted octanol–water partition coefficient (Wildman–Crippen LogP) is 0.784. The Balaban J connectivity index is 2.94. The molecule has 0 aliphatic carbocycles. The first-order valence-corrected chi connectivity index (χ1v) is 8.04. The van der Waals surface area contributed by atoms with Gasteiger partial charge in [-0.15, -0.1) is 0 Å². The van der Waals surface area contributed by atoms with Crippen LogP contribution >= 0.6 is 0 Å². The molecule has 21 heavy (non-hydrogen) atoms. The second kappa shape index (κ2) is 8.52. The van der Waals surface area contributed by atoms with Crippen molar-refractivity contribution in [3.63, 3.8) is 0 Å². The van der Waals surface area contributed by atoms with Gasteiger partial charge in [-0.2, -0.15) is 0 Å². The zero-order valence-electron chi connectivity index (χ0n) is 12.2. The minimum absolute atomic E-state index is 0.0251. The van der Waals surface area contributed by atoms with E-state index in [2.05, 4.69) is 16.6 Å². The molecule has 0 aliphatic rings. The van der Waals surface area contributed by atoms with Crippen LogP contribution in [0.5, 0.6) is 5.75 Å². The number of ether oxygens (including phenoxy) is 2. The lowest BCUT2D eigenvalue weighted by Gasteiger charge is -2.12. The van der Waals surface area contributed by atoms with Crippen molar-refractivity contribution in [2.24, 2.45) is 5.73 Å². The highest BCUT2D eigenvalue weighted by atomic mass is 32.2. The maximum absolute atomic E-state index is 12.0. The fourth-order valence-electron chi connectivity index (χ4n) is 1.63. The van der Waals surface area contributed by atoms with Gasteiger partial charge in [-0.1, -0.05) is 11.8 Å². The average molecular weight is 312 g/mol. The van der Waals surface area contributed by atoms with Crippen molar-refractivity contribution in [3.8, 4) is 17.6 Å². The van der Waals surface area contributed by atoms with Crippen LogP contribution in [0, 0.1) is 11.8 Å². The summed E-state index contributed by atoms with van der Waals surface area (Å²) in [7, 11) is -0.454. The highest BCUT2D eigenvalue weighted by molar-refractivity contribution is 7.92. The highest BCUT2D eigenvalue weighted by Crippen LogP contribution is 2.26. The van der Waals surface area contributed by atoms with Crippen LogP contribution in [0.15, 0.2) is 18.2 Å². The molecule has 0 radical (unpaired) electrons. The normalized spacial score (nSPS) is 10.6. The van der Waals surface area contributed by atoms with Crippen LogP contribution in [0.3, 0.4) is 0 Å². The molecular weight excluding hydrogens is 292 g/mol. The molecule has 0 aliphatic heterocycles. The van der Waals surface area contributed by atoms with Gasteiger partial charge in [-0.3, -0.25) is 4.72 Å². The zero-order chi connectivity index (χ0) is 15.7. The zero-order valence-corrected chi connectivity index (χ0v) is 13.0. The molecule has 0 amide bonds. The number of hydrogen-bond acceptors (Lipinski definition) is 5. The van der Waals surface area contributed by atoms with Crippen molar-refractivity contribution in [2.75, 3.05) is 37.8 Å². The average Bonchev–Trinajstić information content (AvgIpc) is 2.45. The number of sulfonamides is 1. The molecule has 6 nitrogen and oxygen atoms in total. The van der Waals surface area contributed by atoms with Crippen LogP contribution in [0.1, 0.15) is 12.0 Å². The van der Waals surface area contributed by atoms with Crippen LogP contribution in [-0.2, 0) is 14.8 Å². The first-order chi connectivity index (χ1) is 10.0. The van der Waals surface area contributed by atoms with Crippen LogP contribution in [-0.4, -0.2) is 41.5 Å². The summed E-state index contributed by atoms with van der Waals surface area (Å²) in [5, 5.41) is 0. The topological polar surface area (TPSA) is 90.7 Å². The third-order valence-corrected chi connectivity index (χ3v) is 3.92. The second-order valence-corrected chi connectivity index (χ2v) is 6.03. The summed E-state index contributed by atoms with van der Waals surface area (Å²) in [6.07, 6.45) is 0.417. The number of nitrogens with two attached hydrogens (primary N) is 1. The summed E-state index contributed by atoms with van der Waals surface area (Å²) in [6, 6.07) is 5.02. The van der Waals surface area contributed by atoms with E-state index in [0.717, 1.165) is 0 Å². The van der Waals surface area contributed by atoms with E-state index in [0.29, 0.717) is 30.0 Å². The molecule has 0 saturated heterocycles. The minimum Gasteiger partial charge on any atom is -0.495 e. The molecule has 1 aromatic rings. The molecule has 7 heteroatoms. The van der Waals surface area contributed by atoms with Gasteiger partial charge in [0.2, 0.25) is 10.0 Å². The summed E-state index contributed by atoms with van der Waals surface area (Å²) in [4.78, 5) is 0. The first-order valence-electron chi connectivity index (χ1n) is 6.39. The lowest BCUT2D eigenvalue weighted by Crippen LogP contribution is -2.18. The summed E-state index contributed by atoms with van der Waals surface area (Å²) >= 11 is 0. The predicted molar refractivity (Wildman–Crippen MR) is 82.8 cm³/mol. The Labute approximate surface area is 125 Å². The molecule has 0 heterocycles. The smallest absolute Gasteiger partial charge is 0.232 e. The van der Waals surface area contributed by atoms with Gasteiger partial charge in [0, 0.05) is 19.3 Å². The number of nitrogens with one attached hydrogen (secondary N) is 1. The Bertz CT molecular complexity index is 618. The van der Waals surface area contributed by atoms with Crippen molar-refractivity contribution in [1.29, 1.82) is 0 Å². The van der Waals surface area contributed by atoms with Crippen molar-refractivity contribution in [3.05, 3.63) is 23.8 Å². The lowest BCUT2D eigenvalue weighted by atomic mass is 10.2. The quantitative estimate of drug-likeness (QED) is 0.573. The summed E-state index contributed by atoms with van der Waals surface area (Å²) < 4.78 is 36.5. The van der Waals surface area contributed by atoms with Crippen LogP contribution in [0.25, 0.3) is 0 Å². The van der Waals surface area contributed by atoms with Gasteiger partial charge in [0.25, 0.3) is 0 Å². The lowest BCUT2D eigenvalue weighted by molar-refractivity contribution is 0.199. The summed E-state index contributed by atoms with van der Waals surface area (Å²) in [6.45, 7) is 0.629. The minimum atomic E-state index is -3.46. The van der Waals surface area contributed by atoms with Crippen molar-refractivity contribution in [2.45, 2.75) is 6.42 Å². The molecular formula is C14H20N2O4S. The van der Waals surface area contributed by atoms with Crippen molar-refractivity contribution in [1.82, 2.24) is 0 Å². The molecule has 0 spiro atoms. The number of benzene rings is 1. The van der Waals surface area contributed by atoms with Crippen molar-refractivity contribution >= 4 is 15.7 Å². The number of anilines is 1. The van der Waals surface area contributed by atoms with Gasteiger partial charge in [-0.05, 0) is 24.6 Å². The van der Waals surface area contributed by atoms with E-state index >= 15 is 0 Å². The van der Waals surface area contributed by atoms with E-state index in [4.69, 9.17) is 15.2 Å². The standard InChI is InChI=1S/C14H20N2O4S/c1-19-9-4-10-21(17,18)16-13-11-12(5-3-8-15)6-7-14(13)20-2/h6-7,11,16H,4,8-10,15H2,1-2H3. The number of methoxy groups -OCH3 is 2. The van der Waals surface area contributed by atoms with E-state index in [9.17, 15) is 8.42 Å².